The highest BCUT2D eigenvalue weighted by Crippen LogP contribution is 2.16. The number of carbonyl (C=O) groups excluding carboxylic acids is 1. The molecule has 82 valence electrons. The van der Waals surface area contributed by atoms with Gasteiger partial charge in [-0.25, -0.2) is 0 Å². The van der Waals surface area contributed by atoms with Gasteiger partial charge in [0.25, 0.3) is 0 Å². The summed E-state index contributed by atoms with van der Waals surface area (Å²) in [4.78, 5) is 12.1. The van der Waals surface area contributed by atoms with E-state index in [0.29, 0.717) is 11.2 Å². The van der Waals surface area contributed by atoms with Crippen molar-refractivity contribution < 1.29 is 4.79 Å². The molecule has 0 saturated heterocycles. The Morgan fingerprint density at radius 2 is 1.93 bits per heavy atom. The average Bonchev–Trinajstić information content (AvgIpc) is 2.27. The molecule has 0 bridgehead atoms. The molecule has 0 aromatic heterocycles. The van der Waals surface area contributed by atoms with Crippen LogP contribution in [0.4, 0.5) is 0 Å². The van der Waals surface area contributed by atoms with Crippen molar-refractivity contribution in [3.8, 4) is 0 Å². The summed E-state index contributed by atoms with van der Waals surface area (Å²) in [5, 5.41) is 0.995. The smallest absolute Gasteiger partial charge is 0.163 e. The maximum atomic E-state index is 11.8. The van der Waals surface area contributed by atoms with E-state index >= 15 is 0 Å². The molecule has 1 aromatic rings. The van der Waals surface area contributed by atoms with Crippen LogP contribution in [0.1, 0.15) is 29.6 Å². The van der Waals surface area contributed by atoms with Gasteiger partial charge in [0.15, 0.2) is 5.78 Å². The summed E-state index contributed by atoms with van der Waals surface area (Å²) in [5.41, 5.74) is 0.806. The van der Waals surface area contributed by atoms with E-state index in [1.165, 1.54) is 0 Å². The molecule has 0 N–H and O–H groups in total. The summed E-state index contributed by atoms with van der Waals surface area (Å²) in [5.74, 6) is 0.215. The Morgan fingerprint density at radius 1 is 1.27 bits per heavy atom. The molecule has 1 nitrogen and oxygen atoms in total. The first-order valence-electron chi connectivity index (χ1n) is 5.02. The van der Waals surface area contributed by atoms with Crippen LogP contribution in [0.2, 0.25) is 0 Å². The highest BCUT2D eigenvalue weighted by molar-refractivity contribution is 9.09. The lowest BCUT2D eigenvalue weighted by atomic mass is 10.1. The van der Waals surface area contributed by atoms with E-state index in [0.717, 1.165) is 23.7 Å². The molecule has 0 radical (unpaired) electrons. The van der Waals surface area contributed by atoms with Crippen molar-refractivity contribution >= 4 is 37.6 Å². The molecule has 0 fully saturated rings. The minimum atomic E-state index is 0.215. The van der Waals surface area contributed by atoms with Gasteiger partial charge in [-0.05, 0) is 12.8 Å². The molecule has 0 heterocycles. The third kappa shape index (κ3) is 4.94. The fraction of sp³-hybridized carbons (Fsp3) is 0.417. The van der Waals surface area contributed by atoms with Gasteiger partial charge < -0.3 is 0 Å². The molecule has 0 aliphatic heterocycles. The lowest BCUT2D eigenvalue weighted by Gasteiger charge is -2.07. The third-order valence-corrected chi connectivity index (χ3v) is 3.50. The van der Waals surface area contributed by atoms with Gasteiger partial charge in [0.2, 0.25) is 0 Å². The number of carbonyl (C=O) groups is 1. The zero-order chi connectivity index (χ0) is 11.1. The molecular weight excluding hydrogens is 320 g/mol. The number of ketones is 1. The van der Waals surface area contributed by atoms with Gasteiger partial charge in [0, 0.05) is 22.1 Å². The van der Waals surface area contributed by atoms with E-state index < -0.39 is 0 Å². The summed E-state index contributed by atoms with van der Waals surface area (Å²) in [6.45, 7) is 0. The van der Waals surface area contributed by atoms with Crippen molar-refractivity contribution in [3.63, 3.8) is 0 Å². The fourth-order valence-corrected chi connectivity index (χ4v) is 2.29. The molecule has 0 saturated carbocycles. The van der Waals surface area contributed by atoms with Crippen molar-refractivity contribution in [2.75, 3.05) is 5.33 Å². The second-order valence-electron chi connectivity index (χ2n) is 3.42. The average molecular weight is 334 g/mol. The number of halogens is 2. The molecular formula is C12H14Br2O. The lowest BCUT2D eigenvalue weighted by molar-refractivity contribution is 0.0982. The predicted molar refractivity (Wildman–Crippen MR) is 71.1 cm³/mol. The van der Waals surface area contributed by atoms with E-state index in [1.54, 1.807) is 0 Å². The first-order chi connectivity index (χ1) is 7.24. The monoisotopic (exact) mass is 332 g/mol. The molecule has 1 atom stereocenters. The van der Waals surface area contributed by atoms with Gasteiger partial charge in [0.05, 0.1) is 0 Å². The summed E-state index contributed by atoms with van der Waals surface area (Å²) < 4.78 is 0. The number of alkyl halides is 2. The highest BCUT2D eigenvalue weighted by atomic mass is 79.9. The van der Waals surface area contributed by atoms with Crippen LogP contribution in [0, 0.1) is 0 Å². The van der Waals surface area contributed by atoms with Crippen LogP contribution in [0.25, 0.3) is 0 Å². The SMILES string of the molecule is O=C(CC(Br)CCCBr)c1ccccc1. The van der Waals surface area contributed by atoms with Crippen molar-refractivity contribution in [1.29, 1.82) is 0 Å². The second-order valence-corrected chi connectivity index (χ2v) is 5.51. The predicted octanol–water partition coefficient (Wildman–Crippen LogP) is 4.20. The van der Waals surface area contributed by atoms with Crippen LogP contribution in [0.3, 0.4) is 0 Å². The Kier molecular flexibility index (Phi) is 6.18. The topological polar surface area (TPSA) is 17.1 Å². The van der Waals surface area contributed by atoms with E-state index in [-0.39, 0.29) is 5.78 Å². The molecule has 3 heteroatoms. The van der Waals surface area contributed by atoms with Gasteiger partial charge in [-0.2, -0.15) is 0 Å². The highest BCUT2D eigenvalue weighted by Gasteiger charge is 2.11. The Bertz CT molecular complexity index is 298. The van der Waals surface area contributed by atoms with E-state index in [9.17, 15) is 4.79 Å². The molecule has 0 aliphatic rings. The summed E-state index contributed by atoms with van der Waals surface area (Å²) in [7, 11) is 0. The molecule has 0 spiro atoms. The normalized spacial score (nSPS) is 12.4. The summed E-state index contributed by atoms with van der Waals surface area (Å²) in [6, 6.07) is 9.45. The van der Waals surface area contributed by atoms with Gasteiger partial charge in [-0.3, -0.25) is 4.79 Å². The molecule has 0 amide bonds. The van der Waals surface area contributed by atoms with Crippen LogP contribution in [-0.4, -0.2) is 15.9 Å². The summed E-state index contributed by atoms with van der Waals surface area (Å²) >= 11 is 6.92. The second kappa shape index (κ2) is 7.18. The van der Waals surface area contributed by atoms with E-state index in [1.807, 2.05) is 30.3 Å². The molecule has 1 aromatic carbocycles. The Labute approximate surface area is 108 Å². The minimum absolute atomic E-state index is 0.215. The number of rotatable bonds is 6. The fourth-order valence-electron chi connectivity index (χ4n) is 1.34. The van der Waals surface area contributed by atoms with Crippen molar-refractivity contribution in [1.82, 2.24) is 0 Å². The van der Waals surface area contributed by atoms with Gasteiger partial charge in [-0.15, -0.1) is 0 Å². The minimum Gasteiger partial charge on any atom is -0.294 e. The van der Waals surface area contributed by atoms with Crippen molar-refractivity contribution in [2.24, 2.45) is 0 Å². The van der Waals surface area contributed by atoms with Crippen molar-refractivity contribution in [3.05, 3.63) is 35.9 Å². The largest absolute Gasteiger partial charge is 0.294 e. The lowest BCUT2D eigenvalue weighted by Crippen LogP contribution is -2.08. The standard InChI is InChI=1S/C12H14Br2O/c13-8-4-7-11(14)9-12(15)10-5-2-1-3-6-10/h1-3,5-6,11H,4,7-9H2. The van der Waals surface area contributed by atoms with Gasteiger partial charge in [0.1, 0.15) is 0 Å². The molecule has 1 unspecified atom stereocenters. The summed E-state index contributed by atoms with van der Waals surface area (Å²) in [6.07, 6.45) is 2.71. The Hall–Kier alpha value is -0.150. The van der Waals surface area contributed by atoms with Crippen LogP contribution in [0.5, 0.6) is 0 Å². The zero-order valence-corrected chi connectivity index (χ0v) is 11.6. The Balaban J connectivity index is 2.42. The van der Waals surface area contributed by atoms with E-state index in [2.05, 4.69) is 31.9 Å². The third-order valence-electron chi connectivity index (χ3n) is 2.15. The maximum absolute atomic E-state index is 11.8. The quantitative estimate of drug-likeness (QED) is 0.563. The maximum Gasteiger partial charge on any atom is 0.163 e. The van der Waals surface area contributed by atoms with Gasteiger partial charge in [-0.1, -0.05) is 62.2 Å². The molecule has 0 aliphatic carbocycles. The Morgan fingerprint density at radius 3 is 2.53 bits per heavy atom. The van der Waals surface area contributed by atoms with Gasteiger partial charge >= 0.3 is 0 Å². The number of hydrogen-bond donors (Lipinski definition) is 0. The number of Topliss-reactive ketones (excluding diaryl/α,β-unsaturated/α-hetero) is 1. The van der Waals surface area contributed by atoms with Crippen LogP contribution < -0.4 is 0 Å². The zero-order valence-electron chi connectivity index (χ0n) is 8.46. The van der Waals surface area contributed by atoms with E-state index in [4.69, 9.17) is 0 Å². The van der Waals surface area contributed by atoms with Crippen LogP contribution in [0.15, 0.2) is 30.3 Å². The molecule has 1 rings (SSSR count). The first-order valence-corrected chi connectivity index (χ1v) is 7.06. The van der Waals surface area contributed by atoms with Crippen LogP contribution >= 0.6 is 31.9 Å². The number of hydrogen-bond acceptors (Lipinski definition) is 1. The number of benzene rings is 1. The van der Waals surface area contributed by atoms with Crippen LogP contribution in [-0.2, 0) is 0 Å². The van der Waals surface area contributed by atoms with Crippen molar-refractivity contribution in [2.45, 2.75) is 24.1 Å². The first kappa shape index (κ1) is 12.9. The molecule has 15 heavy (non-hydrogen) atoms.